The lowest BCUT2D eigenvalue weighted by molar-refractivity contribution is 0.0221. The number of hydrogen-bond donors (Lipinski definition) is 1. The van der Waals surface area contributed by atoms with Gasteiger partial charge in [-0.2, -0.15) is 0 Å². The molecule has 2 aromatic carbocycles. The normalized spacial score (nSPS) is 22.9. The van der Waals surface area contributed by atoms with Gasteiger partial charge in [0.1, 0.15) is 5.75 Å². The summed E-state index contributed by atoms with van der Waals surface area (Å²) in [4.78, 5) is 16.6. The third kappa shape index (κ3) is 2.32. The lowest BCUT2D eigenvalue weighted by atomic mass is 9.81. The Kier molecular flexibility index (Phi) is 3.95. The summed E-state index contributed by atoms with van der Waals surface area (Å²) in [6.45, 7) is 1.86. The fourth-order valence-corrected chi connectivity index (χ4v) is 5.00. The number of aromatic amines is 1. The van der Waals surface area contributed by atoms with E-state index in [2.05, 4.69) is 17.1 Å². The van der Waals surface area contributed by atoms with Crippen molar-refractivity contribution < 1.29 is 14.2 Å². The molecule has 1 fully saturated rings. The summed E-state index contributed by atoms with van der Waals surface area (Å²) in [7, 11) is 3.23. The van der Waals surface area contributed by atoms with E-state index in [1.807, 2.05) is 31.2 Å². The highest BCUT2D eigenvalue weighted by Gasteiger charge is 2.43. The molecule has 5 rings (SSSR count). The summed E-state index contributed by atoms with van der Waals surface area (Å²) in [6, 6.07) is 12.2. The van der Waals surface area contributed by atoms with Crippen molar-refractivity contribution in [2.75, 3.05) is 14.2 Å². The Labute approximate surface area is 163 Å². The molecule has 1 saturated heterocycles. The summed E-state index contributed by atoms with van der Waals surface area (Å²) < 4.78 is 17.4. The molecule has 3 atom stereocenters. The summed E-state index contributed by atoms with van der Waals surface area (Å²) in [5.41, 5.74) is 4.76. The molecule has 3 aromatic rings. The van der Waals surface area contributed by atoms with E-state index in [4.69, 9.17) is 14.2 Å². The van der Waals surface area contributed by atoms with Gasteiger partial charge in [0.25, 0.3) is 0 Å². The van der Waals surface area contributed by atoms with Gasteiger partial charge in [-0.25, -0.2) is 0 Å². The van der Waals surface area contributed by atoms with Crippen LogP contribution in [0.25, 0.3) is 10.9 Å². The van der Waals surface area contributed by atoms with E-state index in [1.54, 1.807) is 14.2 Å². The molecular weight excluding hydrogens is 354 g/mol. The molecule has 2 bridgehead atoms. The topological polar surface area (TPSA) is 60.5 Å². The summed E-state index contributed by atoms with van der Waals surface area (Å²) in [6.07, 6.45) is 1.92. The molecule has 144 valence electrons. The molecule has 0 aliphatic carbocycles. The Morgan fingerprint density at radius 2 is 1.86 bits per heavy atom. The fourth-order valence-electron chi connectivity index (χ4n) is 5.00. The van der Waals surface area contributed by atoms with Gasteiger partial charge in [0.2, 0.25) is 5.43 Å². The Bertz CT molecular complexity index is 1130. The van der Waals surface area contributed by atoms with Crippen LogP contribution in [0.15, 0.2) is 41.2 Å². The number of aromatic nitrogens is 1. The van der Waals surface area contributed by atoms with Crippen LogP contribution in [0.4, 0.5) is 0 Å². The Morgan fingerprint density at radius 1 is 1.04 bits per heavy atom. The molecule has 28 heavy (non-hydrogen) atoms. The second-order valence-electron chi connectivity index (χ2n) is 7.56. The van der Waals surface area contributed by atoms with Crippen molar-refractivity contribution in [2.24, 2.45) is 0 Å². The molecule has 2 aliphatic rings. The van der Waals surface area contributed by atoms with Crippen molar-refractivity contribution in [3.05, 3.63) is 69.0 Å². The van der Waals surface area contributed by atoms with E-state index >= 15 is 0 Å². The zero-order valence-corrected chi connectivity index (χ0v) is 16.2. The van der Waals surface area contributed by atoms with Crippen molar-refractivity contribution in [1.29, 1.82) is 0 Å². The molecule has 3 heterocycles. The number of fused-ring (bicyclic) bond motifs is 6. The third-order valence-electron chi connectivity index (χ3n) is 6.13. The van der Waals surface area contributed by atoms with Gasteiger partial charge in [-0.1, -0.05) is 24.3 Å². The van der Waals surface area contributed by atoms with E-state index in [9.17, 15) is 4.79 Å². The number of rotatable bonds is 3. The lowest BCUT2D eigenvalue weighted by Gasteiger charge is -2.34. The van der Waals surface area contributed by atoms with Gasteiger partial charge in [0, 0.05) is 11.5 Å². The summed E-state index contributed by atoms with van der Waals surface area (Å²) in [5, 5.41) is 0.685. The zero-order valence-electron chi connectivity index (χ0n) is 16.2. The van der Waals surface area contributed by atoms with E-state index in [1.165, 1.54) is 0 Å². The van der Waals surface area contributed by atoms with Crippen LogP contribution in [-0.2, 0) is 4.74 Å². The number of hydrogen-bond acceptors (Lipinski definition) is 4. The third-order valence-corrected chi connectivity index (χ3v) is 6.13. The summed E-state index contributed by atoms with van der Waals surface area (Å²) >= 11 is 0. The quantitative estimate of drug-likeness (QED) is 0.742. The summed E-state index contributed by atoms with van der Waals surface area (Å²) in [5.74, 6) is 1.26. The average molecular weight is 377 g/mol. The van der Waals surface area contributed by atoms with Gasteiger partial charge < -0.3 is 19.2 Å². The van der Waals surface area contributed by atoms with Crippen LogP contribution in [0.5, 0.6) is 11.5 Å². The van der Waals surface area contributed by atoms with Crippen LogP contribution in [-0.4, -0.2) is 25.3 Å². The highest BCUT2D eigenvalue weighted by Crippen LogP contribution is 2.52. The smallest absolute Gasteiger partial charge is 0.231 e. The zero-order chi connectivity index (χ0) is 19.4. The molecule has 0 unspecified atom stereocenters. The fraction of sp³-hybridized carbons (Fsp3) is 0.348. The van der Waals surface area contributed by atoms with Crippen LogP contribution in [0, 0.1) is 6.92 Å². The second-order valence-corrected chi connectivity index (χ2v) is 7.56. The van der Waals surface area contributed by atoms with Gasteiger partial charge >= 0.3 is 0 Å². The van der Waals surface area contributed by atoms with Crippen molar-refractivity contribution in [3.63, 3.8) is 0 Å². The maximum absolute atomic E-state index is 13.3. The molecule has 2 aliphatic heterocycles. The molecule has 0 amide bonds. The van der Waals surface area contributed by atoms with Crippen LogP contribution < -0.4 is 14.9 Å². The predicted octanol–water partition coefficient (Wildman–Crippen LogP) is 4.22. The highest BCUT2D eigenvalue weighted by molar-refractivity contribution is 5.86. The van der Waals surface area contributed by atoms with Crippen molar-refractivity contribution >= 4 is 10.9 Å². The SMILES string of the molecule is COc1ccccc1[C@H]1c2ccc3[nH]c(C)c(OC)c(=O)c3c2[C@@H]2CC[C@H]1O2. The van der Waals surface area contributed by atoms with E-state index < -0.39 is 0 Å². The Balaban J connectivity index is 1.83. The van der Waals surface area contributed by atoms with Crippen LogP contribution in [0.1, 0.15) is 47.2 Å². The molecule has 5 heteroatoms. The van der Waals surface area contributed by atoms with Gasteiger partial charge in [0.05, 0.1) is 43.0 Å². The Morgan fingerprint density at radius 3 is 2.64 bits per heavy atom. The maximum Gasteiger partial charge on any atom is 0.231 e. The molecule has 0 saturated carbocycles. The molecular formula is C23H23NO4. The van der Waals surface area contributed by atoms with E-state index in [0.29, 0.717) is 11.1 Å². The molecule has 5 nitrogen and oxygen atoms in total. The predicted molar refractivity (Wildman–Crippen MR) is 108 cm³/mol. The Hall–Kier alpha value is -2.79. The van der Waals surface area contributed by atoms with Crippen molar-refractivity contribution in [3.8, 4) is 11.5 Å². The van der Waals surface area contributed by atoms with Gasteiger partial charge in [-0.05, 0) is 43.0 Å². The second kappa shape index (κ2) is 6.38. The highest BCUT2D eigenvalue weighted by atomic mass is 16.5. The van der Waals surface area contributed by atoms with Crippen molar-refractivity contribution in [2.45, 2.75) is 37.9 Å². The first-order valence-electron chi connectivity index (χ1n) is 9.65. The van der Waals surface area contributed by atoms with E-state index in [0.717, 1.165) is 46.5 Å². The minimum atomic E-state index is -0.0710. The lowest BCUT2D eigenvalue weighted by Crippen LogP contribution is -2.27. The van der Waals surface area contributed by atoms with Crippen LogP contribution >= 0.6 is 0 Å². The van der Waals surface area contributed by atoms with Gasteiger partial charge in [-0.3, -0.25) is 4.79 Å². The number of aryl methyl sites for hydroxylation is 1. The average Bonchev–Trinajstić information content (AvgIpc) is 3.12. The number of nitrogens with one attached hydrogen (secondary N) is 1. The standard InChI is InChI=1S/C23H23NO4/c1-12-23(27-3)22(25)21-15(24-12)9-8-14-19(13-6-4-5-7-16(13)26-2)17-10-11-18(28-17)20(14)21/h4-9,17-19H,10-11H2,1-3H3,(H,24,25)/t17-,18+,19+/m1/s1. The number of benzene rings is 2. The minimum Gasteiger partial charge on any atom is -0.496 e. The molecule has 1 N–H and O–H groups in total. The number of ether oxygens (including phenoxy) is 3. The van der Waals surface area contributed by atoms with E-state index in [-0.39, 0.29) is 23.6 Å². The largest absolute Gasteiger partial charge is 0.496 e. The first-order chi connectivity index (χ1) is 13.6. The monoisotopic (exact) mass is 377 g/mol. The first kappa shape index (κ1) is 17.3. The number of pyridine rings is 1. The number of methoxy groups -OCH3 is 2. The molecule has 1 aromatic heterocycles. The van der Waals surface area contributed by atoms with Gasteiger partial charge in [0.15, 0.2) is 5.75 Å². The van der Waals surface area contributed by atoms with Crippen LogP contribution in [0.3, 0.4) is 0 Å². The minimum absolute atomic E-state index is 0.0426. The van der Waals surface area contributed by atoms with Crippen LogP contribution in [0.2, 0.25) is 0 Å². The number of H-pyrrole nitrogens is 1. The first-order valence-corrected chi connectivity index (χ1v) is 9.65. The van der Waals surface area contributed by atoms with Crippen molar-refractivity contribution in [1.82, 2.24) is 4.98 Å². The molecule has 0 spiro atoms. The number of para-hydroxylation sites is 1. The van der Waals surface area contributed by atoms with Gasteiger partial charge in [-0.15, -0.1) is 0 Å². The molecule has 0 radical (unpaired) electrons. The maximum atomic E-state index is 13.3.